The van der Waals surface area contributed by atoms with E-state index in [0.29, 0.717) is 10.8 Å². The van der Waals surface area contributed by atoms with Crippen molar-refractivity contribution >= 4 is 29.5 Å². The smallest absolute Gasteiger partial charge is 0.407 e. The van der Waals surface area contributed by atoms with Crippen LogP contribution in [-0.2, 0) is 14.3 Å². The highest BCUT2D eigenvalue weighted by Gasteiger charge is 2.15. The molecule has 0 aliphatic rings. The van der Waals surface area contributed by atoms with Gasteiger partial charge in [0.25, 0.3) is 5.91 Å². The molecule has 0 saturated carbocycles. The monoisotopic (exact) mass is 427 g/mol. The molecule has 29 heavy (non-hydrogen) atoms. The summed E-state index contributed by atoms with van der Waals surface area (Å²) in [6, 6.07) is 3.54. The first-order valence-corrected chi connectivity index (χ1v) is 9.75. The van der Waals surface area contributed by atoms with Gasteiger partial charge in [0.1, 0.15) is 11.4 Å². The van der Waals surface area contributed by atoms with Crippen molar-refractivity contribution in [2.24, 2.45) is 0 Å². The fraction of sp³-hybridized carbons (Fsp3) is 0.550. The Balaban J connectivity index is 2.15. The van der Waals surface area contributed by atoms with Crippen molar-refractivity contribution < 1.29 is 23.9 Å². The molecular weight excluding hydrogens is 398 g/mol. The molecule has 0 bridgehead atoms. The molecule has 8 nitrogen and oxygen atoms in total. The Bertz CT molecular complexity index is 708. The van der Waals surface area contributed by atoms with Crippen LogP contribution >= 0.6 is 11.6 Å². The lowest BCUT2D eigenvalue weighted by Gasteiger charge is -2.19. The predicted octanol–water partition coefficient (Wildman–Crippen LogP) is 2.48. The van der Waals surface area contributed by atoms with E-state index in [1.807, 2.05) is 13.8 Å². The molecule has 1 rings (SSSR count). The van der Waals surface area contributed by atoms with Gasteiger partial charge < -0.3 is 25.4 Å². The molecule has 162 valence electrons. The van der Waals surface area contributed by atoms with Crippen LogP contribution < -0.4 is 20.7 Å². The molecular formula is C20H30ClN3O5. The molecule has 0 atom stereocenters. The van der Waals surface area contributed by atoms with Crippen LogP contribution in [0.2, 0.25) is 5.02 Å². The van der Waals surface area contributed by atoms with Crippen LogP contribution in [0.4, 0.5) is 4.79 Å². The number of amides is 3. The molecule has 0 aliphatic heterocycles. The number of ether oxygens (including phenoxy) is 2. The van der Waals surface area contributed by atoms with E-state index >= 15 is 0 Å². The van der Waals surface area contributed by atoms with Crippen LogP contribution in [0, 0.1) is 13.8 Å². The van der Waals surface area contributed by atoms with Gasteiger partial charge >= 0.3 is 6.09 Å². The molecule has 0 fully saturated rings. The van der Waals surface area contributed by atoms with Gasteiger partial charge in [0.15, 0.2) is 6.61 Å². The van der Waals surface area contributed by atoms with Gasteiger partial charge in [0.2, 0.25) is 5.91 Å². The van der Waals surface area contributed by atoms with Gasteiger partial charge in [-0.1, -0.05) is 11.6 Å². The molecule has 3 amide bonds. The first-order chi connectivity index (χ1) is 13.5. The third-order valence-electron chi connectivity index (χ3n) is 3.57. The summed E-state index contributed by atoms with van der Waals surface area (Å²) in [6.45, 7) is 9.60. The number of aryl methyl sites for hydroxylation is 2. The normalized spacial score (nSPS) is 10.8. The fourth-order valence-corrected chi connectivity index (χ4v) is 2.38. The van der Waals surface area contributed by atoms with Crippen LogP contribution in [0.3, 0.4) is 0 Å². The van der Waals surface area contributed by atoms with Crippen molar-refractivity contribution in [1.82, 2.24) is 16.0 Å². The molecule has 1 aromatic carbocycles. The van der Waals surface area contributed by atoms with Gasteiger partial charge in [0, 0.05) is 31.1 Å². The maximum atomic E-state index is 11.8. The lowest BCUT2D eigenvalue weighted by atomic mass is 10.1. The predicted molar refractivity (Wildman–Crippen MR) is 111 cm³/mol. The topological polar surface area (TPSA) is 106 Å². The zero-order valence-corrected chi connectivity index (χ0v) is 18.4. The van der Waals surface area contributed by atoms with E-state index in [2.05, 4.69) is 16.0 Å². The van der Waals surface area contributed by atoms with Gasteiger partial charge in [-0.25, -0.2) is 4.79 Å². The second-order valence-corrected chi connectivity index (χ2v) is 7.92. The van der Waals surface area contributed by atoms with Crippen LogP contribution in [0.5, 0.6) is 5.75 Å². The zero-order chi connectivity index (χ0) is 22.0. The van der Waals surface area contributed by atoms with E-state index in [0.717, 1.165) is 11.1 Å². The average molecular weight is 428 g/mol. The molecule has 0 unspecified atom stereocenters. The average Bonchev–Trinajstić information content (AvgIpc) is 2.59. The Morgan fingerprint density at radius 2 is 1.48 bits per heavy atom. The number of rotatable bonds is 9. The highest BCUT2D eigenvalue weighted by atomic mass is 35.5. The standard InChI is InChI=1S/C20H30ClN3O5/c1-13-10-15(11-14(2)18(13)21)28-12-17(26)23-9-8-22-16(25)6-7-24-19(27)29-20(3,4)5/h10-11H,6-9,12H2,1-5H3,(H,22,25)(H,23,26)(H,24,27). The van der Waals surface area contributed by atoms with Crippen molar-refractivity contribution in [3.8, 4) is 5.75 Å². The third kappa shape index (κ3) is 10.6. The number of halogens is 1. The number of nitrogens with one attached hydrogen (secondary N) is 3. The first-order valence-electron chi connectivity index (χ1n) is 9.37. The summed E-state index contributed by atoms with van der Waals surface area (Å²) in [5.41, 5.74) is 1.18. The minimum atomic E-state index is -0.584. The van der Waals surface area contributed by atoms with E-state index in [9.17, 15) is 14.4 Å². The van der Waals surface area contributed by atoms with Crippen molar-refractivity contribution in [2.45, 2.75) is 46.6 Å². The van der Waals surface area contributed by atoms with Crippen molar-refractivity contribution in [3.63, 3.8) is 0 Å². The highest BCUT2D eigenvalue weighted by molar-refractivity contribution is 6.32. The summed E-state index contributed by atoms with van der Waals surface area (Å²) in [5, 5.41) is 8.49. The summed E-state index contributed by atoms with van der Waals surface area (Å²) >= 11 is 6.10. The van der Waals surface area contributed by atoms with Crippen LogP contribution in [0.1, 0.15) is 38.3 Å². The molecule has 0 spiro atoms. The minimum absolute atomic E-state index is 0.117. The van der Waals surface area contributed by atoms with Crippen molar-refractivity contribution in [2.75, 3.05) is 26.2 Å². The Kier molecular flexibility index (Phi) is 9.74. The number of benzene rings is 1. The summed E-state index contributed by atoms with van der Waals surface area (Å²) in [7, 11) is 0. The quantitative estimate of drug-likeness (QED) is 0.525. The summed E-state index contributed by atoms with van der Waals surface area (Å²) < 4.78 is 10.5. The van der Waals surface area contributed by atoms with E-state index < -0.39 is 11.7 Å². The molecule has 1 aromatic rings. The third-order valence-corrected chi connectivity index (χ3v) is 4.17. The number of alkyl carbamates (subject to hydrolysis) is 1. The molecule has 0 radical (unpaired) electrons. The van der Waals surface area contributed by atoms with Gasteiger partial charge in [0.05, 0.1) is 0 Å². The lowest BCUT2D eigenvalue weighted by molar-refractivity contribution is -0.124. The molecule has 3 N–H and O–H groups in total. The summed E-state index contributed by atoms with van der Waals surface area (Å²) in [4.78, 5) is 35.0. The SMILES string of the molecule is Cc1cc(OCC(=O)NCCNC(=O)CCNC(=O)OC(C)(C)C)cc(C)c1Cl. The second kappa shape index (κ2) is 11.5. The van der Waals surface area contributed by atoms with E-state index in [1.165, 1.54) is 0 Å². The second-order valence-electron chi connectivity index (χ2n) is 7.54. The van der Waals surface area contributed by atoms with E-state index in [4.69, 9.17) is 21.1 Å². The fourth-order valence-electron chi connectivity index (χ4n) is 2.27. The number of hydrogen-bond acceptors (Lipinski definition) is 5. The number of hydrogen-bond donors (Lipinski definition) is 3. The number of carbonyl (C=O) groups excluding carboxylic acids is 3. The molecule has 9 heteroatoms. The van der Waals surface area contributed by atoms with Crippen LogP contribution in [-0.4, -0.2) is 49.7 Å². The molecule has 0 aliphatic carbocycles. The largest absolute Gasteiger partial charge is 0.484 e. The van der Waals surface area contributed by atoms with Gasteiger partial charge in [-0.3, -0.25) is 9.59 Å². The maximum absolute atomic E-state index is 11.8. The summed E-state index contributed by atoms with van der Waals surface area (Å²) in [6.07, 6.45) is -0.449. The zero-order valence-electron chi connectivity index (χ0n) is 17.6. The van der Waals surface area contributed by atoms with Crippen molar-refractivity contribution in [3.05, 3.63) is 28.3 Å². The van der Waals surface area contributed by atoms with E-state index in [-0.39, 0.29) is 44.5 Å². The Labute approximate surface area is 176 Å². The van der Waals surface area contributed by atoms with Crippen molar-refractivity contribution in [1.29, 1.82) is 0 Å². The van der Waals surface area contributed by atoms with Crippen LogP contribution in [0.15, 0.2) is 12.1 Å². The van der Waals surface area contributed by atoms with Gasteiger partial charge in [-0.15, -0.1) is 0 Å². The minimum Gasteiger partial charge on any atom is -0.484 e. The van der Waals surface area contributed by atoms with Gasteiger partial charge in [-0.2, -0.15) is 0 Å². The van der Waals surface area contributed by atoms with E-state index in [1.54, 1.807) is 32.9 Å². The maximum Gasteiger partial charge on any atom is 0.407 e. The molecule has 0 saturated heterocycles. The van der Waals surface area contributed by atoms with Crippen LogP contribution in [0.25, 0.3) is 0 Å². The Morgan fingerprint density at radius 1 is 0.931 bits per heavy atom. The summed E-state index contributed by atoms with van der Waals surface area (Å²) in [5.74, 6) is 0.0418. The van der Waals surface area contributed by atoms with Gasteiger partial charge in [-0.05, 0) is 57.9 Å². The lowest BCUT2D eigenvalue weighted by Crippen LogP contribution is -2.38. The highest BCUT2D eigenvalue weighted by Crippen LogP contribution is 2.25. The Hall–Kier alpha value is -2.48. The first kappa shape index (κ1) is 24.6. The molecule has 0 aromatic heterocycles. The Morgan fingerprint density at radius 3 is 2.03 bits per heavy atom. The molecule has 0 heterocycles. The number of carbonyl (C=O) groups is 3.